The summed E-state index contributed by atoms with van der Waals surface area (Å²) >= 11 is 0. The topological polar surface area (TPSA) is 55.3 Å². The van der Waals surface area contributed by atoms with Gasteiger partial charge in [0.2, 0.25) is 0 Å². The van der Waals surface area contributed by atoms with Crippen molar-refractivity contribution >= 4 is 5.82 Å². The van der Waals surface area contributed by atoms with Crippen molar-refractivity contribution in [1.29, 1.82) is 0 Å². The largest absolute Gasteiger partial charge is 0.469 e. The van der Waals surface area contributed by atoms with Crippen LogP contribution in [0, 0.1) is 6.92 Å². The Morgan fingerprint density at radius 3 is 2.67 bits per heavy atom. The number of aromatic nitrogens is 1. The van der Waals surface area contributed by atoms with E-state index >= 15 is 0 Å². The van der Waals surface area contributed by atoms with E-state index in [-0.39, 0.29) is 6.04 Å². The van der Waals surface area contributed by atoms with Crippen molar-refractivity contribution in [2.45, 2.75) is 26.4 Å². The fourth-order valence-electron chi connectivity index (χ4n) is 1.80. The van der Waals surface area contributed by atoms with Gasteiger partial charge in [0.05, 0.1) is 6.26 Å². The second-order valence-electron chi connectivity index (χ2n) is 4.60. The summed E-state index contributed by atoms with van der Waals surface area (Å²) in [6, 6.07) is 6.02. The van der Waals surface area contributed by atoms with Gasteiger partial charge in [-0.05, 0) is 31.5 Å². The average molecular weight is 245 g/mol. The summed E-state index contributed by atoms with van der Waals surface area (Å²) in [6.45, 7) is 4.71. The molecule has 2 heterocycles. The Hall–Kier alpha value is -1.81. The molecule has 0 aliphatic carbocycles. The quantitative estimate of drug-likeness (QED) is 0.899. The summed E-state index contributed by atoms with van der Waals surface area (Å²) in [6.07, 6.45) is 3.55. The lowest BCUT2D eigenvalue weighted by molar-refractivity contribution is 0.529. The van der Waals surface area contributed by atoms with Crippen molar-refractivity contribution in [2.24, 2.45) is 5.73 Å². The predicted molar refractivity (Wildman–Crippen MR) is 72.4 cm³/mol. The van der Waals surface area contributed by atoms with Crippen LogP contribution in [0.2, 0.25) is 0 Å². The fourth-order valence-corrected chi connectivity index (χ4v) is 1.80. The number of rotatable bonds is 4. The van der Waals surface area contributed by atoms with Crippen molar-refractivity contribution in [3.63, 3.8) is 0 Å². The highest BCUT2D eigenvalue weighted by molar-refractivity contribution is 5.40. The van der Waals surface area contributed by atoms with Gasteiger partial charge in [-0.3, -0.25) is 0 Å². The van der Waals surface area contributed by atoms with Gasteiger partial charge in [0, 0.05) is 31.4 Å². The van der Waals surface area contributed by atoms with E-state index in [0.717, 1.165) is 23.7 Å². The monoisotopic (exact) mass is 245 g/mol. The zero-order chi connectivity index (χ0) is 13.1. The fraction of sp³-hybridized carbons (Fsp3) is 0.357. The maximum absolute atomic E-state index is 5.80. The molecule has 0 aliphatic heterocycles. The molecule has 0 bridgehead atoms. The van der Waals surface area contributed by atoms with Gasteiger partial charge in [0.15, 0.2) is 0 Å². The van der Waals surface area contributed by atoms with Gasteiger partial charge in [-0.2, -0.15) is 0 Å². The molecule has 0 aliphatic rings. The summed E-state index contributed by atoms with van der Waals surface area (Å²) in [7, 11) is 2.01. The normalized spacial score (nSPS) is 12.4. The van der Waals surface area contributed by atoms with Crippen LogP contribution in [0.5, 0.6) is 0 Å². The van der Waals surface area contributed by atoms with Gasteiger partial charge in [0.25, 0.3) is 0 Å². The molecule has 0 aromatic carbocycles. The van der Waals surface area contributed by atoms with Crippen LogP contribution in [0.25, 0.3) is 0 Å². The molecule has 18 heavy (non-hydrogen) atoms. The second-order valence-corrected chi connectivity index (χ2v) is 4.60. The number of pyridine rings is 1. The van der Waals surface area contributed by atoms with Crippen molar-refractivity contribution in [2.75, 3.05) is 11.9 Å². The maximum Gasteiger partial charge on any atom is 0.128 e. The molecule has 96 valence electrons. The molecule has 4 nitrogen and oxygen atoms in total. The van der Waals surface area contributed by atoms with Crippen molar-refractivity contribution in [3.8, 4) is 0 Å². The molecule has 0 radical (unpaired) electrons. The molecule has 2 rings (SSSR count). The molecule has 1 atom stereocenters. The zero-order valence-corrected chi connectivity index (χ0v) is 11.1. The Kier molecular flexibility index (Phi) is 3.67. The molecule has 0 saturated carbocycles. The average Bonchev–Trinajstić information content (AvgIpc) is 2.75. The van der Waals surface area contributed by atoms with E-state index < -0.39 is 0 Å². The minimum atomic E-state index is 0.0213. The number of nitrogens with two attached hydrogens (primary N) is 1. The Morgan fingerprint density at radius 1 is 1.39 bits per heavy atom. The SMILES string of the molecule is Cc1occc1CN(C)c1ccc(C(C)N)cn1. The molecule has 0 fully saturated rings. The molecular weight excluding hydrogens is 226 g/mol. The van der Waals surface area contributed by atoms with E-state index in [1.807, 2.05) is 45.3 Å². The number of hydrogen-bond acceptors (Lipinski definition) is 4. The summed E-state index contributed by atoms with van der Waals surface area (Å²) in [5.41, 5.74) is 8.03. The molecule has 4 heteroatoms. The summed E-state index contributed by atoms with van der Waals surface area (Å²) in [5, 5.41) is 0. The third-order valence-corrected chi connectivity index (χ3v) is 3.06. The highest BCUT2D eigenvalue weighted by atomic mass is 16.3. The van der Waals surface area contributed by atoms with Crippen LogP contribution in [-0.2, 0) is 6.54 Å². The van der Waals surface area contributed by atoms with Crippen LogP contribution >= 0.6 is 0 Å². The van der Waals surface area contributed by atoms with Gasteiger partial charge in [-0.15, -0.1) is 0 Å². The summed E-state index contributed by atoms with van der Waals surface area (Å²) in [4.78, 5) is 6.51. The van der Waals surface area contributed by atoms with Crippen LogP contribution in [0.4, 0.5) is 5.82 Å². The molecule has 2 aromatic rings. The van der Waals surface area contributed by atoms with Crippen LogP contribution in [0.1, 0.15) is 29.9 Å². The Morgan fingerprint density at radius 2 is 2.17 bits per heavy atom. The molecule has 2 aromatic heterocycles. The Balaban J connectivity index is 2.09. The summed E-state index contributed by atoms with van der Waals surface area (Å²) < 4.78 is 5.29. The van der Waals surface area contributed by atoms with E-state index in [2.05, 4.69) is 9.88 Å². The lowest BCUT2D eigenvalue weighted by Gasteiger charge is -2.18. The minimum absolute atomic E-state index is 0.0213. The van der Waals surface area contributed by atoms with Crippen molar-refractivity contribution in [3.05, 3.63) is 47.5 Å². The highest BCUT2D eigenvalue weighted by Crippen LogP contribution is 2.17. The number of aryl methyl sites for hydroxylation is 1. The lowest BCUT2D eigenvalue weighted by atomic mass is 10.1. The highest BCUT2D eigenvalue weighted by Gasteiger charge is 2.08. The molecular formula is C14H19N3O. The van der Waals surface area contributed by atoms with Crippen LogP contribution in [-0.4, -0.2) is 12.0 Å². The third-order valence-electron chi connectivity index (χ3n) is 3.06. The van der Waals surface area contributed by atoms with Gasteiger partial charge >= 0.3 is 0 Å². The molecule has 2 N–H and O–H groups in total. The first-order chi connectivity index (χ1) is 8.58. The number of hydrogen-bond donors (Lipinski definition) is 1. The van der Waals surface area contributed by atoms with Crippen LogP contribution < -0.4 is 10.6 Å². The standard InChI is InChI=1S/C14H19N3O/c1-10(15)12-4-5-14(16-8-12)17(3)9-13-6-7-18-11(13)2/h4-8,10H,9,15H2,1-3H3. The van der Waals surface area contributed by atoms with Gasteiger partial charge in [0.1, 0.15) is 11.6 Å². The van der Waals surface area contributed by atoms with Crippen molar-refractivity contribution < 1.29 is 4.42 Å². The first kappa shape index (κ1) is 12.6. The van der Waals surface area contributed by atoms with Gasteiger partial charge in [-0.25, -0.2) is 4.98 Å². The lowest BCUT2D eigenvalue weighted by Crippen LogP contribution is -2.18. The predicted octanol–water partition coefficient (Wildman–Crippen LogP) is 2.64. The molecule has 0 spiro atoms. The van der Waals surface area contributed by atoms with Crippen LogP contribution in [0.15, 0.2) is 35.1 Å². The van der Waals surface area contributed by atoms with E-state index in [0.29, 0.717) is 0 Å². The van der Waals surface area contributed by atoms with Gasteiger partial charge < -0.3 is 15.1 Å². The molecule has 0 amide bonds. The third kappa shape index (κ3) is 2.71. The number of anilines is 1. The van der Waals surface area contributed by atoms with E-state index in [4.69, 9.17) is 10.2 Å². The zero-order valence-electron chi connectivity index (χ0n) is 11.1. The number of nitrogens with zero attached hydrogens (tertiary/aromatic N) is 2. The smallest absolute Gasteiger partial charge is 0.128 e. The Bertz CT molecular complexity index is 502. The van der Waals surface area contributed by atoms with E-state index in [9.17, 15) is 0 Å². The van der Waals surface area contributed by atoms with E-state index in [1.54, 1.807) is 6.26 Å². The van der Waals surface area contributed by atoms with Crippen molar-refractivity contribution in [1.82, 2.24) is 4.98 Å². The van der Waals surface area contributed by atoms with E-state index in [1.165, 1.54) is 5.56 Å². The minimum Gasteiger partial charge on any atom is -0.469 e. The van der Waals surface area contributed by atoms with Gasteiger partial charge in [-0.1, -0.05) is 6.07 Å². The first-order valence-electron chi connectivity index (χ1n) is 6.03. The second kappa shape index (κ2) is 5.23. The molecule has 0 saturated heterocycles. The number of furan rings is 1. The van der Waals surface area contributed by atoms with Crippen LogP contribution in [0.3, 0.4) is 0 Å². The summed E-state index contributed by atoms with van der Waals surface area (Å²) in [5.74, 6) is 1.88. The Labute approximate surface area is 107 Å². The maximum atomic E-state index is 5.80. The molecule has 1 unspecified atom stereocenters. The first-order valence-corrected chi connectivity index (χ1v) is 6.03.